The van der Waals surface area contributed by atoms with Gasteiger partial charge in [-0.1, -0.05) is 39.8 Å². The molecular weight excluding hydrogens is 843 g/mol. The van der Waals surface area contributed by atoms with Gasteiger partial charge >= 0.3 is 18.1 Å². The van der Waals surface area contributed by atoms with Crippen molar-refractivity contribution in [3.05, 3.63) is 110 Å². The molecule has 344 valence electrons. The number of hydrogen-bond acceptors (Lipinski definition) is 12. The number of cyclic esters (lactones) is 1. The molecule has 1 atom stereocenters. The van der Waals surface area contributed by atoms with Crippen LogP contribution in [0.1, 0.15) is 91.8 Å². The Balaban J connectivity index is 0.753. The number of rotatable bonds is 13. The number of amides is 3. The van der Waals surface area contributed by atoms with E-state index in [4.69, 9.17) is 14.5 Å². The lowest BCUT2D eigenvalue weighted by Gasteiger charge is -2.34. The van der Waals surface area contributed by atoms with Crippen molar-refractivity contribution in [3.63, 3.8) is 0 Å². The number of aromatic nitrogens is 2. The molecule has 1 saturated heterocycles. The van der Waals surface area contributed by atoms with E-state index in [0.29, 0.717) is 64.8 Å². The molecule has 1 unspecified atom stereocenters. The summed E-state index contributed by atoms with van der Waals surface area (Å²) >= 11 is 0. The number of pyridine rings is 2. The van der Waals surface area contributed by atoms with Crippen molar-refractivity contribution in [2.24, 2.45) is 0 Å². The Morgan fingerprint density at radius 2 is 1.70 bits per heavy atom. The maximum atomic E-state index is 13.7. The average Bonchev–Trinajstić information content (AvgIpc) is 3.67. The highest BCUT2D eigenvalue weighted by Crippen LogP contribution is 2.41. The zero-order valence-corrected chi connectivity index (χ0v) is 38.0. The van der Waals surface area contributed by atoms with Crippen LogP contribution < -0.4 is 15.6 Å². The number of hydrogen-bond donors (Lipinski definition) is 4. The minimum atomic E-state index is -1.90. The number of fused-ring (bicyclic) bond motifs is 5. The molecule has 0 bridgehead atoms. The molecule has 2 aromatic heterocycles. The van der Waals surface area contributed by atoms with Gasteiger partial charge in [0.25, 0.3) is 5.56 Å². The summed E-state index contributed by atoms with van der Waals surface area (Å²) in [6.07, 6.45) is 2.02. The van der Waals surface area contributed by atoms with Gasteiger partial charge in [-0.15, -0.1) is 0 Å². The van der Waals surface area contributed by atoms with Gasteiger partial charge in [-0.25, -0.2) is 24.7 Å². The second-order valence-corrected chi connectivity index (χ2v) is 18.0. The minimum Gasteiger partial charge on any atom is -0.508 e. The van der Waals surface area contributed by atoms with Crippen LogP contribution in [0.4, 0.5) is 15.3 Å². The predicted molar refractivity (Wildman–Crippen MR) is 246 cm³/mol. The number of ether oxygens (including phenoxy) is 2. The zero-order valence-electron chi connectivity index (χ0n) is 38.0. The molecule has 0 saturated carbocycles. The first-order valence-electron chi connectivity index (χ1n) is 22.8. The van der Waals surface area contributed by atoms with Crippen molar-refractivity contribution >= 4 is 40.5 Å². The molecule has 3 aromatic carbocycles. The second-order valence-electron chi connectivity index (χ2n) is 18.0. The van der Waals surface area contributed by atoms with Crippen LogP contribution in [-0.4, -0.2) is 114 Å². The summed E-state index contributed by atoms with van der Waals surface area (Å²) in [5.41, 5.74) is 5.06. The van der Waals surface area contributed by atoms with E-state index in [9.17, 15) is 34.5 Å². The number of piperazine rings is 1. The number of carbonyl (C=O) groups excluding carboxylic acids is 3. The molecule has 16 nitrogen and oxygen atoms in total. The van der Waals surface area contributed by atoms with Crippen molar-refractivity contribution in [2.45, 2.75) is 84.6 Å². The summed E-state index contributed by atoms with van der Waals surface area (Å²) in [6.45, 7) is 13.7. The number of aryl methyl sites for hydroxylation is 1. The van der Waals surface area contributed by atoms with E-state index in [2.05, 4.69) is 15.1 Å². The number of amidine groups is 1. The fraction of sp³-hybridized carbons (Fsp3) is 0.400. The topological polar surface area (TPSA) is 190 Å². The van der Waals surface area contributed by atoms with Crippen molar-refractivity contribution in [1.82, 2.24) is 29.6 Å². The fourth-order valence-corrected chi connectivity index (χ4v) is 9.68. The van der Waals surface area contributed by atoms with Gasteiger partial charge in [-0.3, -0.25) is 9.69 Å². The van der Waals surface area contributed by atoms with Gasteiger partial charge in [-0.2, -0.15) is 4.58 Å². The summed E-state index contributed by atoms with van der Waals surface area (Å²) in [5, 5.41) is 35.7. The van der Waals surface area contributed by atoms with Crippen LogP contribution in [-0.2, 0) is 41.2 Å². The third kappa shape index (κ3) is 7.96. The molecule has 0 spiro atoms. The van der Waals surface area contributed by atoms with Gasteiger partial charge in [0.2, 0.25) is 5.84 Å². The highest BCUT2D eigenvalue weighted by atomic mass is 16.6. The third-order valence-corrected chi connectivity index (χ3v) is 13.6. The number of urea groups is 1. The number of phenols is 2. The van der Waals surface area contributed by atoms with E-state index >= 15 is 0 Å². The molecule has 4 N–H and O–H groups in total. The SMILES string of the molecule is CCc1c2c(nc3ccc(OC(=O)N(C)CCCCN4CCN(Cc5ccc([N+]6=C(c7cc(C(C)C)c(O)cc7O)NC6=O)cc5)CC4)cc13)-c1cc3c(c(=O)n1C2)COC(=O)C3(O)CC. The summed E-state index contributed by atoms with van der Waals surface area (Å²) in [5.74, 6) is 0.0705. The van der Waals surface area contributed by atoms with Gasteiger partial charge in [-0.05, 0) is 97.3 Å². The van der Waals surface area contributed by atoms with Crippen LogP contribution >= 0.6 is 0 Å². The smallest absolute Gasteiger partial charge is 0.448 e. The molecule has 3 amide bonds. The molecular formula is C50H56N7O9+. The Morgan fingerprint density at radius 3 is 2.39 bits per heavy atom. The molecule has 1 fully saturated rings. The average molecular weight is 899 g/mol. The van der Waals surface area contributed by atoms with Crippen molar-refractivity contribution in [2.75, 3.05) is 46.3 Å². The van der Waals surface area contributed by atoms with Crippen LogP contribution in [0.3, 0.4) is 0 Å². The Bertz CT molecular complexity index is 2880. The van der Waals surface area contributed by atoms with Crippen LogP contribution in [0, 0.1) is 0 Å². The molecule has 0 aliphatic carbocycles. The lowest BCUT2D eigenvalue weighted by atomic mass is 9.86. The molecule has 4 aliphatic rings. The van der Waals surface area contributed by atoms with E-state index in [-0.39, 0.29) is 53.2 Å². The number of aliphatic hydroxyl groups is 1. The predicted octanol–water partition coefficient (Wildman–Crippen LogP) is 6.02. The van der Waals surface area contributed by atoms with Gasteiger partial charge in [0.05, 0.1) is 34.6 Å². The summed E-state index contributed by atoms with van der Waals surface area (Å²) in [4.78, 5) is 63.6. The van der Waals surface area contributed by atoms with Crippen molar-refractivity contribution in [3.8, 4) is 28.6 Å². The Morgan fingerprint density at radius 1 is 0.955 bits per heavy atom. The number of benzene rings is 3. The van der Waals surface area contributed by atoms with E-state index in [1.807, 2.05) is 57.2 Å². The first kappa shape index (κ1) is 44.6. The maximum absolute atomic E-state index is 13.7. The number of carbonyl (C=O) groups is 3. The van der Waals surface area contributed by atoms with E-state index < -0.39 is 17.7 Å². The number of unbranched alkanes of at least 4 members (excludes halogenated alkanes) is 1. The molecule has 6 heterocycles. The first-order valence-corrected chi connectivity index (χ1v) is 22.8. The standard InChI is InChI=1S/C50H55N7O9/c1-6-33-35-22-32(14-15-40(35)51-44-37(33)27-56-41(44)24-39-38(46(56)60)28-65-47(61)50(39,64)7-2)66-49(63)53(5)16-8-9-17-54-18-20-55(21-19-54)26-30-10-12-31(13-11-30)57-45(52-48(57)62)36-23-34(29(3)4)42(58)25-43(36)59/h10-15,22-25,29,64H,6-9,16-21,26-28H2,1-5H3,(H2,52,58,59,62)/p+1. The Hall–Kier alpha value is -6.62. The van der Waals surface area contributed by atoms with E-state index in [0.717, 1.165) is 74.2 Å². The molecule has 5 aromatic rings. The van der Waals surface area contributed by atoms with Gasteiger partial charge in [0.1, 0.15) is 29.5 Å². The maximum Gasteiger partial charge on any atom is 0.448 e. The summed E-state index contributed by atoms with van der Waals surface area (Å²) in [6, 6.07) is 17.7. The van der Waals surface area contributed by atoms with E-state index in [1.54, 1.807) is 41.6 Å². The molecule has 0 radical (unpaired) electrons. The largest absolute Gasteiger partial charge is 0.508 e. The highest BCUT2D eigenvalue weighted by molar-refractivity contribution is 6.13. The molecule has 16 heteroatoms. The van der Waals surface area contributed by atoms with Crippen molar-refractivity contribution in [1.29, 1.82) is 0 Å². The molecule has 4 aliphatic heterocycles. The lowest BCUT2D eigenvalue weighted by Crippen LogP contribution is -2.52. The number of phenolic OH excluding ortho intramolecular Hbond substituents is 2. The number of esters is 1. The highest BCUT2D eigenvalue weighted by Gasteiger charge is 2.45. The van der Waals surface area contributed by atoms with Crippen LogP contribution in [0.2, 0.25) is 0 Å². The van der Waals surface area contributed by atoms with Crippen LogP contribution in [0.5, 0.6) is 17.2 Å². The Labute approximate surface area is 382 Å². The number of nitrogens with zero attached hydrogens (tertiary/aromatic N) is 6. The first-order chi connectivity index (χ1) is 31.7. The van der Waals surface area contributed by atoms with Gasteiger partial charge in [0, 0.05) is 68.9 Å². The molecule has 9 rings (SSSR count). The van der Waals surface area contributed by atoms with Gasteiger partial charge in [0.15, 0.2) is 5.60 Å². The minimum absolute atomic E-state index is 0.0205. The normalized spacial score (nSPS) is 18.2. The number of aromatic hydroxyl groups is 2. The monoisotopic (exact) mass is 898 g/mol. The fourth-order valence-electron chi connectivity index (χ4n) is 9.68. The molecule has 66 heavy (non-hydrogen) atoms. The van der Waals surface area contributed by atoms with Crippen LogP contribution in [0.25, 0.3) is 22.3 Å². The van der Waals surface area contributed by atoms with Crippen molar-refractivity contribution < 1.29 is 43.8 Å². The summed E-state index contributed by atoms with van der Waals surface area (Å²) < 4.78 is 14.2. The second kappa shape index (κ2) is 17.6. The van der Waals surface area contributed by atoms with Crippen LogP contribution in [0.15, 0.2) is 65.5 Å². The zero-order chi connectivity index (χ0) is 46.6. The van der Waals surface area contributed by atoms with E-state index in [1.165, 1.54) is 10.6 Å². The van der Waals surface area contributed by atoms with Gasteiger partial charge < -0.3 is 39.2 Å². The lowest BCUT2D eigenvalue weighted by molar-refractivity contribution is -0.356. The Kier molecular flexibility index (Phi) is 11.9. The third-order valence-electron chi connectivity index (χ3n) is 13.6. The summed E-state index contributed by atoms with van der Waals surface area (Å²) in [7, 11) is 1.74. The quantitative estimate of drug-likeness (QED) is 0.0601. The number of nitrogens with one attached hydrogen (secondary N) is 1.